The molecule has 122 valence electrons. The maximum atomic E-state index is 11.1. The summed E-state index contributed by atoms with van der Waals surface area (Å²) in [6, 6.07) is -0.431. The standard InChI is InChI=1S/C12H18N4O6/c1-15-11(8(5-13-15)16(19)20)9-4-3-7(14-12(17)18)10(21-2)6-22-9/h5,7,9-10,14H,3-4,6H2,1-2H3,(H,17,18)/t7-,9+,10-/m0/s1. The van der Waals surface area contributed by atoms with E-state index < -0.39 is 29.3 Å². The monoisotopic (exact) mass is 314 g/mol. The molecule has 2 heterocycles. The lowest BCUT2D eigenvalue weighted by Gasteiger charge is -2.22. The molecule has 1 aliphatic heterocycles. The predicted molar refractivity (Wildman–Crippen MR) is 73.5 cm³/mol. The first-order chi connectivity index (χ1) is 10.4. The Labute approximate surface area is 126 Å². The van der Waals surface area contributed by atoms with Gasteiger partial charge in [0, 0.05) is 14.2 Å². The number of amides is 1. The summed E-state index contributed by atoms with van der Waals surface area (Å²) in [6.45, 7) is 0.133. The van der Waals surface area contributed by atoms with E-state index in [1.54, 1.807) is 7.05 Å². The Morgan fingerprint density at radius 1 is 1.64 bits per heavy atom. The Hall–Kier alpha value is -2.20. The molecule has 1 aromatic rings. The van der Waals surface area contributed by atoms with Gasteiger partial charge in [-0.15, -0.1) is 0 Å². The third-order valence-electron chi connectivity index (χ3n) is 3.73. The van der Waals surface area contributed by atoms with Gasteiger partial charge < -0.3 is 19.9 Å². The van der Waals surface area contributed by atoms with Gasteiger partial charge in [-0.05, 0) is 12.8 Å². The number of carbonyl (C=O) groups is 1. The quantitative estimate of drug-likeness (QED) is 0.622. The van der Waals surface area contributed by atoms with Crippen molar-refractivity contribution < 1.29 is 24.3 Å². The van der Waals surface area contributed by atoms with Gasteiger partial charge in [-0.25, -0.2) is 4.79 Å². The van der Waals surface area contributed by atoms with E-state index in [1.165, 1.54) is 18.0 Å². The molecular formula is C12H18N4O6. The third-order valence-corrected chi connectivity index (χ3v) is 3.73. The number of aromatic nitrogens is 2. The van der Waals surface area contributed by atoms with Crippen molar-refractivity contribution in [2.45, 2.75) is 31.1 Å². The minimum absolute atomic E-state index is 0.105. The highest BCUT2D eigenvalue weighted by Gasteiger charge is 2.34. The van der Waals surface area contributed by atoms with Crippen molar-refractivity contribution in [2.75, 3.05) is 13.7 Å². The van der Waals surface area contributed by atoms with Gasteiger partial charge in [-0.2, -0.15) is 5.10 Å². The number of methoxy groups -OCH3 is 1. The zero-order chi connectivity index (χ0) is 16.3. The molecule has 1 amide bonds. The number of carboxylic acid groups (broad SMARTS) is 1. The number of nitro groups is 1. The minimum Gasteiger partial charge on any atom is -0.465 e. The molecular weight excluding hydrogens is 296 g/mol. The number of nitrogens with zero attached hydrogens (tertiary/aromatic N) is 3. The van der Waals surface area contributed by atoms with Crippen LogP contribution in [0.5, 0.6) is 0 Å². The van der Waals surface area contributed by atoms with Crippen LogP contribution in [0.25, 0.3) is 0 Å². The largest absolute Gasteiger partial charge is 0.465 e. The fourth-order valence-corrected chi connectivity index (χ4v) is 2.65. The van der Waals surface area contributed by atoms with Crippen LogP contribution in [0.1, 0.15) is 24.6 Å². The van der Waals surface area contributed by atoms with Crippen molar-refractivity contribution in [1.82, 2.24) is 15.1 Å². The summed E-state index contributed by atoms with van der Waals surface area (Å²) in [4.78, 5) is 21.4. The highest BCUT2D eigenvalue weighted by Crippen LogP contribution is 2.33. The van der Waals surface area contributed by atoms with E-state index in [-0.39, 0.29) is 12.3 Å². The average molecular weight is 314 g/mol. The summed E-state index contributed by atoms with van der Waals surface area (Å²) in [6.07, 6.45) is -0.0792. The SMILES string of the molecule is CO[C@H]1CO[C@@H](c2c([N+](=O)[O-])cnn2C)CC[C@@H]1NC(=O)O. The summed E-state index contributed by atoms with van der Waals surface area (Å²) in [7, 11) is 3.08. The Balaban J connectivity index is 2.20. The smallest absolute Gasteiger partial charge is 0.404 e. The molecule has 1 saturated heterocycles. The summed E-state index contributed by atoms with van der Waals surface area (Å²) < 4.78 is 12.4. The summed E-state index contributed by atoms with van der Waals surface area (Å²) in [5.74, 6) is 0. The molecule has 10 nitrogen and oxygen atoms in total. The molecule has 2 rings (SSSR count). The molecule has 0 unspecified atom stereocenters. The predicted octanol–water partition coefficient (Wildman–Crippen LogP) is 0.831. The summed E-state index contributed by atoms with van der Waals surface area (Å²) in [5, 5.41) is 26.2. The topological polar surface area (TPSA) is 129 Å². The number of rotatable bonds is 4. The second kappa shape index (κ2) is 6.71. The van der Waals surface area contributed by atoms with Gasteiger partial charge in [0.15, 0.2) is 0 Å². The van der Waals surface area contributed by atoms with Crippen LogP contribution in [0.2, 0.25) is 0 Å². The van der Waals surface area contributed by atoms with E-state index in [0.717, 1.165) is 0 Å². The van der Waals surface area contributed by atoms with E-state index in [2.05, 4.69) is 10.4 Å². The lowest BCUT2D eigenvalue weighted by Crippen LogP contribution is -2.44. The van der Waals surface area contributed by atoms with Gasteiger partial charge in [0.05, 0.1) is 17.6 Å². The lowest BCUT2D eigenvalue weighted by atomic mass is 10.0. The molecule has 22 heavy (non-hydrogen) atoms. The van der Waals surface area contributed by atoms with Crippen molar-refractivity contribution in [2.24, 2.45) is 7.05 Å². The molecule has 10 heteroatoms. The fraction of sp³-hybridized carbons (Fsp3) is 0.667. The van der Waals surface area contributed by atoms with Gasteiger partial charge >= 0.3 is 11.8 Å². The zero-order valence-electron chi connectivity index (χ0n) is 12.3. The summed E-state index contributed by atoms with van der Waals surface area (Å²) in [5.41, 5.74) is 0.266. The Bertz CT molecular complexity index is 560. The zero-order valence-corrected chi connectivity index (χ0v) is 12.3. The molecule has 0 saturated carbocycles. The van der Waals surface area contributed by atoms with Crippen LogP contribution in [-0.2, 0) is 16.5 Å². The lowest BCUT2D eigenvalue weighted by molar-refractivity contribution is -0.386. The average Bonchev–Trinajstić information content (AvgIpc) is 2.72. The van der Waals surface area contributed by atoms with Crippen LogP contribution in [-0.4, -0.2) is 51.8 Å². The van der Waals surface area contributed by atoms with Gasteiger partial charge in [0.2, 0.25) is 0 Å². The highest BCUT2D eigenvalue weighted by molar-refractivity contribution is 5.64. The van der Waals surface area contributed by atoms with Crippen molar-refractivity contribution >= 4 is 11.8 Å². The van der Waals surface area contributed by atoms with Crippen molar-refractivity contribution in [3.63, 3.8) is 0 Å². The maximum absolute atomic E-state index is 11.1. The van der Waals surface area contributed by atoms with E-state index in [4.69, 9.17) is 14.6 Å². The molecule has 0 radical (unpaired) electrons. The first kappa shape index (κ1) is 16.2. The maximum Gasteiger partial charge on any atom is 0.404 e. The Morgan fingerprint density at radius 3 is 2.95 bits per heavy atom. The molecule has 0 aromatic carbocycles. The molecule has 0 bridgehead atoms. The minimum atomic E-state index is -1.14. The second-order valence-electron chi connectivity index (χ2n) is 5.03. The number of ether oxygens (including phenoxy) is 2. The normalized spacial score (nSPS) is 25.5. The Morgan fingerprint density at radius 2 is 2.36 bits per heavy atom. The van der Waals surface area contributed by atoms with Gasteiger partial charge in [-0.3, -0.25) is 14.8 Å². The van der Waals surface area contributed by atoms with Crippen LogP contribution >= 0.6 is 0 Å². The van der Waals surface area contributed by atoms with E-state index in [0.29, 0.717) is 18.5 Å². The molecule has 0 spiro atoms. The fourth-order valence-electron chi connectivity index (χ4n) is 2.65. The molecule has 1 fully saturated rings. The van der Waals surface area contributed by atoms with Crippen molar-refractivity contribution in [3.05, 3.63) is 22.0 Å². The number of hydrogen-bond donors (Lipinski definition) is 2. The highest BCUT2D eigenvalue weighted by atomic mass is 16.6. The molecule has 1 aromatic heterocycles. The Kier molecular flexibility index (Phi) is 4.93. The molecule has 0 aliphatic carbocycles. The number of aryl methyl sites for hydroxylation is 1. The van der Waals surface area contributed by atoms with Gasteiger partial charge in [0.25, 0.3) is 0 Å². The van der Waals surface area contributed by atoms with Crippen LogP contribution in [0.3, 0.4) is 0 Å². The molecule has 3 atom stereocenters. The van der Waals surface area contributed by atoms with Crippen LogP contribution in [0, 0.1) is 10.1 Å². The van der Waals surface area contributed by atoms with Gasteiger partial charge in [0.1, 0.15) is 24.1 Å². The van der Waals surface area contributed by atoms with Crippen molar-refractivity contribution in [3.8, 4) is 0 Å². The van der Waals surface area contributed by atoms with E-state index in [1.807, 2.05) is 0 Å². The van der Waals surface area contributed by atoms with E-state index >= 15 is 0 Å². The first-order valence-electron chi connectivity index (χ1n) is 6.74. The van der Waals surface area contributed by atoms with Crippen LogP contribution in [0.4, 0.5) is 10.5 Å². The van der Waals surface area contributed by atoms with Crippen LogP contribution in [0.15, 0.2) is 6.20 Å². The molecule has 1 aliphatic rings. The molecule has 2 N–H and O–H groups in total. The summed E-state index contributed by atoms with van der Waals surface area (Å²) >= 11 is 0. The van der Waals surface area contributed by atoms with Crippen molar-refractivity contribution in [1.29, 1.82) is 0 Å². The third kappa shape index (κ3) is 3.34. The number of hydrogen-bond acceptors (Lipinski definition) is 6. The number of nitrogens with one attached hydrogen (secondary N) is 1. The second-order valence-corrected chi connectivity index (χ2v) is 5.03. The van der Waals surface area contributed by atoms with E-state index in [9.17, 15) is 14.9 Å². The van der Waals surface area contributed by atoms with Crippen LogP contribution < -0.4 is 5.32 Å². The van der Waals surface area contributed by atoms with Gasteiger partial charge in [-0.1, -0.05) is 0 Å². The first-order valence-corrected chi connectivity index (χ1v) is 6.74.